The van der Waals surface area contributed by atoms with Crippen LogP contribution in [0.15, 0.2) is 59.5 Å². The first-order chi connectivity index (χ1) is 11.4. The predicted octanol–water partition coefficient (Wildman–Crippen LogP) is 3.52. The monoisotopic (exact) mass is 322 g/mol. The van der Waals surface area contributed by atoms with Crippen LogP contribution in [0.3, 0.4) is 0 Å². The Morgan fingerprint density at radius 2 is 1.75 bits per heavy atom. The normalized spacial score (nSPS) is 11.5. The van der Waals surface area contributed by atoms with Crippen molar-refractivity contribution in [3.8, 4) is 0 Å². The third-order valence-corrected chi connectivity index (χ3v) is 3.52. The highest BCUT2D eigenvalue weighted by Crippen LogP contribution is 2.24. The zero-order chi connectivity index (χ0) is 17.2. The summed E-state index contributed by atoms with van der Waals surface area (Å²) in [5, 5.41) is 6.85. The van der Waals surface area contributed by atoms with E-state index in [2.05, 4.69) is 36.4 Å². The summed E-state index contributed by atoms with van der Waals surface area (Å²) in [6, 6.07) is 15.1. The smallest absolute Gasteiger partial charge is 0.258 e. The van der Waals surface area contributed by atoms with Crippen molar-refractivity contribution >= 4 is 17.0 Å². The van der Waals surface area contributed by atoms with Gasteiger partial charge in [0.15, 0.2) is 0 Å². The van der Waals surface area contributed by atoms with Crippen LogP contribution >= 0.6 is 0 Å². The van der Waals surface area contributed by atoms with Gasteiger partial charge in [-0.1, -0.05) is 18.2 Å². The zero-order valence-electron chi connectivity index (χ0n) is 14.2. The second-order valence-electron chi connectivity index (χ2n) is 6.79. The molecule has 0 saturated carbocycles. The zero-order valence-corrected chi connectivity index (χ0v) is 14.2. The van der Waals surface area contributed by atoms with Gasteiger partial charge in [-0.05, 0) is 45.0 Å². The lowest BCUT2D eigenvalue weighted by atomic mass is 10.1. The molecule has 3 aromatic rings. The molecule has 3 rings (SSSR count). The number of hydrogen-bond donors (Lipinski definition) is 2. The number of fused-ring (bicyclic) bond motifs is 1. The average molecular weight is 322 g/mol. The van der Waals surface area contributed by atoms with Crippen molar-refractivity contribution in [1.82, 2.24) is 9.38 Å². The first kappa shape index (κ1) is 16.1. The molecule has 0 aliphatic carbocycles. The maximum atomic E-state index is 12.1. The third kappa shape index (κ3) is 3.74. The summed E-state index contributed by atoms with van der Waals surface area (Å²) in [5.41, 5.74) is 3.29. The minimum Gasteiger partial charge on any atom is -0.379 e. The van der Waals surface area contributed by atoms with Gasteiger partial charge in [0, 0.05) is 17.8 Å². The Bertz CT molecular complexity index is 909. The molecule has 24 heavy (non-hydrogen) atoms. The highest BCUT2D eigenvalue weighted by atomic mass is 16.1. The van der Waals surface area contributed by atoms with E-state index in [1.807, 2.05) is 42.5 Å². The first-order valence-corrected chi connectivity index (χ1v) is 8.01. The minimum atomic E-state index is -0.0708. The van der Waals surface area contributed by atoms with Crippen molar-refractivity contribution in [3.63, 3.8) is 0 Å². The summed E-state index contributed by atoms with van der Waals surface area (Å²) in [4.78, 5) is 16.7. The number of para-hydroxylation sites is 2. The highest BCUT2D eigenvalue weighted by molar-refractivity contribution is 5.69. The molecule has 2 heterocycles. The topological polar surface area (TPSA) is 58.4 Å². The highest BCUT2D eigenvalue weighted by Gasteiger charge is 2.12. The summed E-state index contributed by atoms with van der Waals surface area (Å²) < 4.78 is 1.54. The molecule has 0 amide bonds. The summed E-state index contributed by atoms with van der Waals surface area (Å²) in [7, 11) is 0. The van der Waals surface area contributed by atoms with Crippen molar-refractivity contribution in [2.24, 2.45) is 0 Å². The molecule has 0 bridgehead atoms. The summed E-state index contributed by atoms with van der Waals surface area (Å²) in [6.45, 7) is 6.85. The van der Waals surface area contributed by atoms with E-state index < -0.39 is 0 Å². The lowest BCUT2D eigenvalue weighted by Gasteiger charge is -2.24. The molecule has 1 aromatic carbocycles. The van der Waals surface area contributed by atoms with Crippen molar-refractivity contribution in [2.75, 3.05) is 10.6 Å². The Hall–Kier alpha value is -2.82. The third-order valence-electron chi connectivity index (χ3n) is 3.52. The van der Waals surface area contributed by atoms with Crippen molar-refractivity contribution in [1.29, 1.82) is 0 Å². The first-order valence-electron chi connectivity index (χ1n) is 8.01. The van der Waals surface area contributed by atoms with Crippen molar-refractivity contribution < 1.29 is 0 Å². The number of hydrogen-bond acceptors (Lipinski definition) is 4. The molecular weight excluding hydrogens is 300 g/mol. The van der Waals surface area contributed by atoms with Crippen molar-refractivity contribution in [3.05, 3.63) is 70.8 Å². The van der Waals surface area contributed by atoms with Crippen LogP contribution in [0.25, 0.3) is 5.65 Å². The van der Waals surface area contributed by atoms with Crippen LogP contribution in [0.4, 0.5) is 11.4 Å². The molecular formula is C19H22N4O. The van der Waals surface area contributed by atoms with Gasteiger partial charge in [-0.25, -0.2) is 4.98 Å². The molecule has 0 fully saturated rings. The van der Waals surface area contributed by atoms with E-state index >= 15 is 0 Å². The molecule has 0 aliphatic heterocycles. The van der Waals surface area contributed by atoms with Crippen LogP contribution < -0.4 is 16.2 Å². The molecule has 0 saturated heterocycles. The lowest BCUT2D eigenvalue weighted by Crippen LogP contribution is -2.26. The van der Waals surface area contributed by atoms with Gasteiger partial charge in [-0.15, -0.1) is 0 Å². The lowest BCUT2D eigenvalue weighted by molar-refractivity contribution is 0.634. The van der Waals surface area contributed by atoms with Crippen LogP contribution in [0.5, 0.6) is 0 Å². The molecule has 0 atom stereocenters. The van der Waals surface area contributed by atoms with Gasteiger partial charge in [0.2, 0.25) is 0 Å². The Morgan fingerprint density at radius 3 is 2.50 bits per heavy atom. The molecule has 0 spiro atoms. The second kappa shape index (κ2) is 6.35. The van der Waals surface area contributed by atoms with E-state index in [4.69, 9.17) is 0 Å². The molecule has 0 unspecified atom stereocenters. The van der Waals surface area contributed by atoms with Gasteiger partial charge in [0.25, 0.3) is 5.56 Å². The molecule has 5 nitrogen and oxygen atoms in total. The Morgan fingerprint density at radius 1 is 1.04 bits per heavy atom. The predicted molar refractivity (Wildman–Crippen MR) is 98.6 cm³/mol. The molecule has 0 radical (unpaired) electrons. The van der Waals surface area contributed by atoms with E-state index in [-0.39, 0.29) is 11.1 Å². The summed E-state index contributed by atoms with van der Waals surface area (Å²) in [5.74, 6) is 0. The largest absolute Gasteiger partial charge is 0.379 e. The quantitative estimate of drug-likeness (QED) is 0.771. The SMILES string of the molecule is CC(C)(C)Nc1ccccc1NCc1cc(=O)n2ccccc2n1. The number of nitrogens with zero attached hydrogens (tertiary/aromatic N) is 2. The molecule has 124 valence electrons. The molecule has 0 aliphatic rings. The number of benzene rings is 1. The maximum absolute atomic E-state index is 12.1. The van der Waals surface area contributed by atoms with Crippen LogP contribution in [-0.2, 0) is 6.54 Å². The van der Waals surface area contributed by atoms with E-state index in [0.717, 1.165) is 17.1 Å². The maximum Gasteiger partial charge on any atom is 0.258 e. The van der Waals surface area contributed by atoms with Crippen LogP contribution in [-0.4, -0.2) is 14.9 Å². The Balaban J connectivity index is 1.83. The Kier molecular flexibility index (Phi) is 4.25. The van der Waals surface area contributed by atoms with Crippen LogP contribution in [0.2, 0.25) is 0 Å². The van der Waals surface area contributed by atoms with E-state index in [1.54, 1.807) is 16.7 Å². The molecule has 2 aromatic heterocycles. The van der Waals surface area contributed by atoms with Gasteiger partial charge < -0.3 is 10.6 Å². The van der Waals surface area contributed by atoms with Gasteiger partial charge in [-0.3, -0.25) is 9.20 Å². The Labute approximate surface area is 141 Å². The number of nitrogens with one attached hydrogen (secondary N) is 2. The number of aromatic nitrogens is 2. The van der Waals surface area contributed by atoms with E-state index in [9.17, 15) is 4.79 Å². The fraction of sp³-hybridized carbons (Fsp3) is 0.263. The van der Waals surface area contributed by atoms with Gasteiger partial charge >= 0.3 is 0 Å². The van der Waals surface area contributed by atoms with Gasteiger partial charge in [0.1, 0.15) is 5.65 Å². The van der Waals surface area contributed by atoms with Gasteiger partial charge in [0.05, 0.1) is 23.6 Å². The number of pyridine rings is 1. The minimum absolute atomic E-state index is 0.0299. The molecule has 5 heteroatoms. The van der Waals surface area contributed by atoms with E-state index in [0.29, 0.717) is 12.2 Å². The summed E-state index contributed by atoms with van der Waals surface area (Å²) >= 11 is 0. The van der Waals surface area contributed by atoms with E-state index in [1.165, 1.54) is 0 Å². The summed E-state index contributed by atoms with van der Waals surface area (Å²) in [6.07, 6.45) is 1.73. The standard InChI is InChI=1S/C19H22N4O/c1-19(2,3)22-16-9-5-4-8-15(16)20-13-14-12-18(24)23-11-7-6-10-17(23)21-14/h4-12,20,22H,13H2,1-3H3. The fourth-order valence-electron chi connectivity index (χ4n) is 2.53. The molecule has 2 N–H and O–H groups in total. The fourth-order valence-corrected chi connectivity index (χ4v) is 2.53. The van der Waals surface area contributed by atoms with Crippen LogP contribution in [0, 0.1) is 0 Å². The second-order valence-corrected chi connectivity index (χ2v) is 6.79. The van der Waals surface area contributed by atoms with Crippen LogP contribution in [0.1, 0.15) is 26.5 Å². The number of anilines is 2. The van der Waals surface area contributed by atoms with Crippen molar-refractivity contribution in [2.45, 2.75) is 32.9 Å². The number of rotatable bonds is 4. The average Bonchev–Trinajstić information content (AvgIpc) is 2.53. The van der Waals surface area contributed by atoms with Gasteiger partial charge in [-0.2, -0.15) is 0 Å².